The molecule has 8 N–H and O–H groups in total. The van der Waals surface area contributed by atoms with Crippen molar-refractivity contribution in [3.8, 4) is 34.3 Å². The van der Waals surface area contributed by atoms with E-state index >= 15 is 0 Å². The molecule has 3 aromatic rings. The molecule has 10 atom stereocenters. The van der Waals surface area contributed by atoms with Crippen LogP contribution < -0.4 is 14.9 Å². The number of aliphatic hydroxyl groups is 6. The second kappa shape index (κ2) is 12.2. The Hall–Kier alpha value is -3.51. The van der Waals surface area contributed by atoms with E-state index in [0.717, 1.165) is 12.1 Å². The highest BCUT2D eigenvalue weighted by Gasteiger charge is 2.47. The minimum absolute atomic E-state index is 0.0517. The van der Waals surface area contributed by atoms with Crippen molar-refractivity contribution in [3.05, 3.63) is 46.6 Å². The molecule has 1 aromatic heterocycles. The molecule has 0 unspecified atom stereocenters. The van der Waals surface area contributed by atoms with Gasteiger partial charge in [0.15, 0.2) is 23.2 Å². The number of benzene rings is 2. The maximum absolute atomic E-state index is 12.8. The van der Waals surface area contributed by atoms with Crippen LogP contribution >= 0.6 is 0 Å². The third kappa shape index (κ3) is 5.99. The summed E-state index contributed by atoms with van der Waals surface area (Å²) in [7, 11) is 1.38. The quantitative estimate of drug-likeness (QED) is 0.159. The Morgan fingerprint density at radius 1 is 0.791 bits per heavy atom. The first-order chi connectivity index (χ1) is 20.4. The highest BCUT2D eigenvalue weighted by molar-refractivity contribution is 5.86. The summed E-state index contributed by atoms with van der Waals surface area (Å²) < 4.78 is 32.9. The number of phenolic OH excluding ortho intramolecular Hbond substituents is 2. The number of rotatable bonds is 7. The smallest absolute Gasteiger partial charge is 0.229 e. The largest absolute Gasteiger partial charge is 0.507 e. The summed E-state index contributed by atoms with van der Waals surface area (Å²) in [5.74, 6) is -0.605. The van der Waals surface area contributed by atoms with Gasteiger partial charge < -0.3 is 69.0 Å². The van der Waals surface area contributed by atoms with Crippen molar-refractivity contribution in [2.45, 2.75) is 68.3 Å². The summed E-state index contributed by atoms with van der Waals surface area (Å²) in [6.45, 7) is 0.953. The molecule has 15 nitrogen and oxygen atoms in total. The fourth-order valence-corrected chi connectivity index (χ4v) is 4.92. The van der Waals surface area contributed by atoms with Crippen LogP contribution in [0.25, 0.3) is 22.3 Å². The van der Waals surface area contributed by atoms with E-state index in [9.17, 15) is 45.6 Å². The Morgan fingerprint density at radius 3 is 2.19 bits per heavy atom. The van der Waals surface area contributed by atoms with E-state index in [4.69, 9.17) is 28.1 Å². The van der Waals surface area contributed by atoms with Crippen LogP contribution in [0.5, 0.6) is 23.0 Å². The molecule has 5 rings (SSSR count). The standard InChI is InChI=1S/C28H32O15/c1-10-21(32)23(34)25(36)27(40-10)39-9-19-22(33)24(35)26(37)28(43-19)41-12-6-14(30)20-15(31)8-17(42-18(20)7-12)11-3-4-16(38-2)13(29)5-11/h3-8,10,19,21-30,32-37H,9H2,1-2H3/t10-,19-,21+,22-,23-,24-,25+,26+,27-,28-/m1/s1. The highest BCUT2D eigenvalue weighted by Crippen LogP contribution is 2.35. The summed E-state index contributed by atoms with van der Waals surface area (Å²) in [4.78, 5) is 12.8. The van der Waals surface area contributed by atoms with Crippen molar-refractivity contribution < 1.29 is 69.0 Å². The van der Waals surface area contributed by atoms with Crippen molar-refractivity contribution in [1.82, 2.24) is 0 Å². The fourth-order valence-electron chi connectivity index (χ4n) is 4.92. The lowest BCUT2D eigenvalue weighted by Crippen LogP contribution is -2.61. The first kappa shape index (κ1) is 30.9. The molecule has 3 heterocycles. The maximum Gasteiger partial charge on any atom is 0.229 e. The summed E-state index contributed by atoms with van der Waals surface area (Å²) in [5.41, 5.74) is -0.381. The molecule has 0 amide bonds. The zero-order chi connectivity index (χ0) is 31.2. The molecule has 2 fully saturated rings. The summed E-state index contributed by atoms with van der Waals surface area (Å²) >= 11 is 0. The molecule has 0 saturated carbocycles. The number of fused-ring (bicyclic) bond motifs is 1. The fraction of sp³-hybridized carbons (Fsp3) is 0.464. The van der Waals surface area contributed by atoms with E-state index in [-0.39, 0.29) is 34.0 Å². The van der Waals surface area contributed by atoms with Crippen molar-refractivity contribution in [1.29, 1.82) is 0 Å². The third-order valence-electron chi connectivity index (χ3n) is 7.40. The van der Waals surface area contributed by atoms with Crippen molar-refractivity contribution in [2.24, 2.45) is 0 Å². The lowest BCUT2D eigenvalue weighted by Gasteiger charge is -2.42. The van der Waals surface area contributed by atoms with E-state index in [2.05, 4.69) is 0 Å². The molecule has 0 bridgehead atoms. The number of hydrogen-bond donors (Lipinski definition) is 8. The average Bonchev–Trinajstić information content (AvgIpc) is 2.97. The van der Waals surface area contributed by atoms with E-state index in [1.165, 1.54) is 32.2 Å². The number of aromatic hydroxyl groups is 2. The molecule has 43 heavy (non-hydrogen) atoms. The topological polar surface area (TPSA) is 238 Å². The molecule has 0 radical (unpaired) electrons. The Balaban J connectivity index is 1.36. The zero-order valence-corrected chi connectivity index (χ0v) is 22.9. The van der Waals surface area contributed by atoms with Gasteiger partial charge in [0.05, 0.1) is 19.8 Å². The SMILES string of the molecule is COc1ccc(-c2cc(=O)c3c(O)cc(O[C@@H]4O[C@H](CO[C@@H]5O[C@H](C)[C@H](O)[C@@H](O)[C@@H]5O)[C@@H](O)[C@@H](O)[C@@H]4O)cc3o2)cc1O. The van der Waals surface area contributed by atoms with E-state index in [1.54, 1.807) is 6.07 Å². The van der Waals surface area contributed by atoms with E-state index in [0.29, 0.717) is 5.56 Å². The molecular formula is C28H32O15. The molecule has 234 valence electrons. The van der Waals surface area contributed by atoms with Crippen LogP contribution in [0.1, 0.15) is 6.92 Å². The second-order valence-corrected chi connectivity index (χ2v) is 10.3. The maximum atomic E-state index is 12.8. The van der Waals surface area contributed by atoms with E-state index in [1.807, 2.05) is 0 Å². The van der Waals surface area contributed by atoms with Crippen LogP contribution in [0, 0.1) is 0 Å². The average molecular weight is 609 g/mol. The van der Waals surface area contributed by atoms with Gasteiger partial charge in [-0.2, -0.15) is 0 Å². The van der Waals surface area contributed by atoms with E-state index < -0.39 is 79.2 Å². The Kier molecular flexibility index (Phi) is 8.80. The first-order valence-electron chi connectivity index (χ1n) is 13.3. The van der Waals surface area contributed by atoms with Crippen LogP contribution in [0.4, 0.5) is 0 Å². The predicted molar refractivity (Wildman–Crippen MR) is 143 cm³/mol. The van der Waals surface area contributed by atoms with Crippen LogP contribution in [0.2, 0.25) is 0 Å². The van der Waals surface area contributed by atoms with Gasteiger partial charge in [0.1, 0.15) is 71.0 Å². The Bertz CT molecular complexity index is 1510. The third-order valence-corrected chi connectivity index (χ3v) is 7.40. The summed E-state index contributed by atoms with van der Waals surface area (Å²) in [6.07, 6.45) is -15.0. The lowest BCUT2D eigenvalue weighted by molar-refractivity contribution is -0.318. The number of aliphatic hydroxyl groups excluding tert-OH is 6. The monoisotopic (exact) mass is 608 g/mol. The normalized spacial score (nSPS) is 32.9. The predicted octanol–water partition coefficient (Wildman–Crippen LogP) is -1.09. The van der Waals surface area contributed by atoms with Gasteiger partial charge in [-0.3, -0.25) is 4.79 Å². The molecule has 2 saturated heterocycles. The molecule has 15 heteroatoms. The molecular weight excluding hydrogens is 576 g/mol. The van der Waals surface area contributed by atoms with Gasteiger partial charge in [0.2, 0.25) is 6.29 Å². The van der Waals surface area contributed by atoms with Gasteiger partial charge in [-0.1, -0.05) is 0 Å². The minimum Gasteiger partial charge on any atom is -0.507 e. The number of hydrogen-bond acceptors (Lipinski definition) is 15. The number of methoxy groups -OCH3 is 1. The number of phenols is 2. The number of ether oxygens (including phenoxy) is 5. The van der Waals surface area contributed by atoms with Gasteiger partial charge in [-0.05, 0) is 25.1 Å². The Morgan fingerprint density at radius 2 is 1.49 bits per heavy atom. The zero-order valence-electron chi connectivity index (χ0n) is 22.9. The van der Waals surface area contributed by atoms with Crippen LogP contribution in [0.3, 0.4) is 0 Å². The second-order valence-electron chi connectivity index (χ2n) is 10.3. The van der Waals surface area contributed by atoms with Gasteiger partial charge in [-0.15, -0.1) is 0 Å². The van der Waals surface area contributed by atoms with Gasteiger partial charge in [0.25, 0.3) is 0 Å². The van der Waals surface area contributed by atoms with Crippen molar-refractivity contribution in [2.75, 3.05) is 13.7 Å². The van der Waals surface area contributed by atoms with Crippen molar-refractivity contribution >= 4 is 11.0 Å². The summed E-state index contributed by atoms with van der Waals surface area (Å²) in [6, 6.07) is 7.78. The first-order valence-corrected chi connectivity index (χ1v) is 13.3. The van der Waals surface area contributed by atoms with Gasteiger partial charge in [0, 0.05) is 23.8 Å². The highest BCUT2D eigenvalue weighted by atomic mass is 16.7. The summed E-state index contributed by atoms with van der Waals surface area (Å²) in [5, 5.41) is 82.0. The Labute approximate surface area is 243 Å². The van der Waals surface area contributed by atoms with Crippen LogP contribution in [-0.2, 0) is 14.2 Å². The lowest BCUT2D eigenvalue weighted by atomic mass is 9.98. The molecule has 2 aliphatic heterocycles. The van der Waals surface area contributed by atoms with Gasteiger partial charge >= 0.3 is 0 Å². The molecule has 2 aliphatic rings. The minimum atomic E-state index is -1.78. The van der Waals surface area contributed by atoms with Gasteiger partial charge in [-0.25, -0.2) is 0 Å². The van der Waals surface area contributed by atoms with Crippen LogP contribution in [-0.4, -0.2) is 116 Å². The van der Waals surface area contributed by atoms with Crippen molar-refractivity contribution in [3.63, 3.8) is 0 Å². The molecule has 0 aliphatic carbocycles. The molecule has 2 aromatic carbocycles. The molecule has 0 spiro atoms. The van der Waals surface area contributed by atoms with Crippen LogP contribution in [0.15, 0.2) is 45.6 Å².